The second-order valence-corrected chi connectivity index (χ2v) is 4.86. The van der Waals surface area contributed by atoms with Gasteiger partial charge in [0.1, 0.15) is 11.0 Å². The van der Waals surface area contributed by atoms with E-state index in [0.717, 1.165) is 11.5 Å². The highest BCUT2D eigenvalue weighted by Crippen LogP contribution is 2.25. The molecule has 0 fully saturated rings. The topological polar surface area (TPSA) is 21.6 Å². The van der Waals surface area contributed by atoms with Gasteiger partial charge in [0.2, 0.25) is 0 Å². The Hall–Kier alpha value is -0.110. The lowest BCUT2D eigenvalue weighted by Crippen LogP contribution is -1.92. The van der Waals surface area contributed by atoms with Crippen LogP contribution in [0, 0.1) is 11.8 Å². The van der Waals surface area contributed by atoms with Gasteiger partial charge in [-0.15, -0.1) is 0 Å². The fourth-order valence-electron chi connectivity index (χ4n) is 0.797. The van der Waals surface area contributed by atoms with Crippen molar-refractivity contribution in [1.29, 1.82) is 0 Å². The Bertz CT molecular complexity index is 242. The maximum absolute atomic E-state index is 4.81. The van der Waals surface area contributed by atoms with E-state index >= 15 is 0 Å². The van der Waals surface area contributed by atoms with Gasteiger partial charge in [0.15, 0.2) is 0 Å². The Morgan fingerprint density at radius 3 is 3.15 bits per heavy atom. The summed E-state index contributed by atoms with van der Waals surface area (Å²) >= 11 is 3.55. The van der Waals surface area contributed by atoms with Crippen molar-refractivity contribution in [2.24, 2.45) is 4.99 Å². The van der Waals surface area contributed by atoms with E-state index in [1.165, 1.54) is 4.38 Å². The number of methoxy groups -OCH3 is 1. The smallest absolute Gasteiger partial charge is 0.125 e. The largest absolute Gasteiger partial charge is 0.372 e. The quantitative estimate of drug-likeness (QED) is 0.656. The molecular formula is C9H13NOS2. The lowest BCUT2D eigenvalue weighted by Gasteiger charge is -1.91. The SMILES string of the molecule is COCC#CCSC1=NC(C)CS1. The highest BCUT2D eigenvalue weighted by molar-refractivity contribution is 8.39. The molecule has 1 atom stereocenters. The van der Waals surface area contributed by atoms with Crippen LogP contribution >= 0.6 is 23.5 Å². The molecule has 1 heterocycles. The van der Waals surface area contributed by atoms with Gasteiger partial charge in [0, 0.05) is 12.9 Å². The van der Waals surface area contributed by atoms with Crippen molar-refractivity contribution in [1.82, 2.24) is 0 Å². The van der Waals surface area contributed by atoms with Crippen LogP contribution in [-0.2, 0) is 4.74 Å². The van der Waals surface area contributed by atoms with Gasteiger partial charge in [-0.05, 0) is 6.92 Å². The maximum Gasteiger partial charge on any atom is 0.125 e. The molecule has 4 heteroatoms. The van der Waals surface area contributed by atoms with Crippen LogP contribution in [0.15, 0.2) is 4.99 Å². The van der Waals surface area contributed by atoms with E-state index in [9.17, 15) is 0 Å². The summed E-state index contributed by atoms with van der Waals surface area (Å²) in [6, 6.07) is 0.486. The molecule has 72 valence electrons. The molecule has 1 rings (SSSR count). The molecule has 13 heavy (non-hydrogen) atoms. The molecule has 0 amide bonds. The van der Waals surface area contributed by atoms with Crippen LogP contribution in [0.1, 0.15) is 6.92 Å². The summed E-state index contributed by atoms with van der Waals surface area (Å²) in [5, 5.41) is 0. The number of ether oxygens (including phenoxy) is 1. The molecule has 0 aromatic carbocycles. The summed E-state index contributed by atoms with van der Waals surface area (Å²) in [5.41, 5.74) is 0. The lowest BCUT2D eigenvalue weighted by molar-refractivity contribution is 0.240. The predicted octanol–water partition coefficient (Wildman–Crippen LogP) is 1.86. The number of hydrogen-bond donors (Lipinski definition) is 0. The second kappa shape index (κ2) is 6.36. The minimum absolute atomic E-state index is 0.486. The Morgan fingerprint density at radius 2 is 2.54 bits per heavy atom. The molecule has 0 N–H and O–H groups in total. The highest BCUT2D eigenvalue weighted by atomic mass is 32.2. The van der Waals surface area contributed by atoms with Crippen LogP contribution in [-0.4, -0.2) is 35.6 Å². The van der Waals surface area contributed by atoms with E-state index in [1.807, 2.05) is 11.8 Å². The minimum Gasteiger partial charge on any atom is -0.372 e. The maximum atomic E-state index is 4.81. The molecular weight excluding hydrogens is 202 g/mol. The van der Waals surface area contributed by atoms with Crippen LogP contribution in [0.3, 0.4) is 0 Å². The molecule has 0 saturated carbocycles. The van der Waals surface area contributed by atoms with Gasteiger partial charge in [0.25, 0.3) is 0 Å². The zero-order valence-corrected chi connectivity index (χ0v) is 9.50. The number of aliphatic imine (C=N–C) groups is 1. The second-order valence-electron chi connectivity index (χ2n) is 2.63. The third-order valence-electron chi connectivity index (χ3n) is 1.38. The Balaban J connectivity index is 2.14. The molecule has 2 nitrogen and oxygen atoms in total. The van der Waals surface area contributed by atoms with Crippen LogP contribution < -0.4 is 0 Å². The summed E-state index contributed by atoms with van der Waals surface area (Å²) in [6.07, 6.45) is 0. The summed E-state index contributed by atoms with van der Waals surface area (Å²) in [7, 11) is 1.65. The molecule has 1 aliphatic rings. The standard InChI is InChI=1S/C9H13NOS2/c1-8-7-13-9(10-8)12-6-4-3-5-11-2/h8H,5-7H2,1-2H3. The molecule has 1 unspecified atom stereocenters. The first-order valence-electron chi connectivity index (χ1n) is 4.11. The summed E-state index contributed by atoms with van der Waals surface area (Å²) in [5.74, 6) is 7.87. The monoisotopic (exact) mass is 215 g/mol. The molecule has 0 aromatic rings. The first-order chi connectivity index (χ1) is 6.33. The molecule has 1 aliphatic heterocycles. The Kier molecular flexibility index (Phi) is 5.37. The van der Waals surface area contributed by atoms with Crippen molar-refractivity contribution in [3.05, 3.63) is 0 Å². The van der Waals surface area contributed by atoms with E-state index in [-0.39, 0.29) is 0 Å². The van der Waals surface area contributed by atoms with Gasteiger partial charge >= 0.3 is 0 Å². The summed E-state index contributed by atoms with van der Waals surface area (Å²) in [4.78, 5) is 4.45. The number of hydrogen-bond acceptors (Lipinski definition) is 4. The zero-order chi connectivity index (χ0) is 9.52. The average Bonchev–Trinajstić information content (AvgIpc) is 2.51. The van der Waals surface area contributed by atoms with Crippen molar-refractivity contribution >= 4 is 27.9 Å². The predicted molar refractivity (Wildman–Crippen MR) is 61.5 cm³/mol. The molecule has 0 aromatic heterocycles. The number of rotatable bonds is 2. The first kappa shape index (κ1) is 11.0. The van der Waals surface area contributed by atoms with Gasteiger partial charge in [0.05, 0.1) is 11.8 Å². The van der Waals surface area contributed by atoms with E-state index in [1.54, 1.807) is 18.9 Å². The summed E-state index contributed by atoms with van der Waals surface area (Å²) in [6.45, 7) is 2.66. The fourth-order valence-corrected chi connectivity index (χ4v) is 2.78. The molecule has 0 aliphatic carbocycles. The molecule has 0 saturated heterocycles. The van der Waals surface area contributed by atoms with E-state index < -0.39 is 0 Å². The van der Waals surface area contributed by atoms with Gasteiger partial charge in [-0.3, -0.25) is 4.99 Å². The zero-order valence-electron chi connectivity index (χ0n) is 7.87. The summed E-state index contributed by atoms with van der Waals surface area (Å²) < 4.78 is 5.99. The first-order valence-corrected chi connectivity index (χ1v) is 6.08. The van der Waals surface area contributed by atoms with Gasteiger partial charge in [-0.25, -0.2) is 0 Å². The van der Waals surface area contributed by atoms with E-state index in [2.05, 4.69) is 23.8 Å². The highest BCUT2D eigenvalue weighted by Gasteiger charge is 2.12. The van der Waals surface area contributed by atoms with Crippen LogP contribution in [0.25, 0.3) is 0 Å². The third kappa shape index (κ3) is 4.61. The van der Waals surface area contributed by atoms with Crippen LogP contribution in [0.5, 0.6) is 0 Å². The van der Waals surface area contributed by atoms with Gasteiger partial charge < -0.3 is 4.74 Å². The van der Waals surface area contributed by atoms with Crippen molar-refractivity contribution in [3.63, 3.8) is 0 Å². The average molecular weight is 215 g/mol. The van der Waals surface area contributed by atoms with Gasteiger partial charge in [-0.2, -0.15) is 0 Å². The van der Waals surface area contributed by atoms with Crippen molar-refractivity contribution in [2.75, 3.05) is 25.2 Å². The lowest BCUT2D eigenvalue weighted by atomic mass is 10.4. The van der Waals surface area contributed by atoms with Crippen LogP contribution in [0.4, 0.5) is 0 Å². The molecule has 0 bridgehead atoms. The molecule has 0 spiro atoms. The van der Waals surface area contributed by atoms with Crippen molar-refractivity contribution in [2.45, 2.75) is 13.0 Å². The van der Waals surface area contributed by atoms with Crippen LogP contribution in [0.2, 0.25) is 0 Å². The van der Waals surface area contributed by atoms with E-state index in [4.69, 9.17) is 4.74 Å². The molecule has 0 radical (unpaired) electrons. The van der Waals surface area contributed by atoms with Crippen molar-refractivity contribution < 1.29 is 4.74 Å². The fraction of sp³-hybridized carbons (Fsp3) is 0.667. The normalized spacial score (nSPS) is 20.8. The minimum atomic E-state index is 0.486. The van der Waals surface area contributed by atoms with Crippen molar-refractivity contribution in [3.8, 4) is 11.8 Å². The Morgan fingerprint density at radius 1 is 1.69 bits per heavy atom. The van der Waals surface area contributed by atoms with E-state index in [0.29, 0.717) is 12.6 Å². The third-order valence-corrected chi connectivity index (χ3v) is 3.73. The van der Waals surface area contributed by atoms with Gasteiger partial charge in [-0.1, -0.05) is 35.4 Å². The number of nitrogens with zero attached hydrogens (tertiary/aromatic N) is 1. The number of thioether (sulfide) groups is 2. The Labute approximate surface area is 87.9 Å².